The van der Waals surface area contributed by atoms with Crippen LogP contribution in [-0.4, -0.2) is 10.9 Å². The molecule has 0 aliphatic heterocycles. The molecule has 1 aliphatic carbocycles. The minimum absolute atomic E-state index is 0.0196. The van der Waals surface area contributed by atoms with Gasteiger partial charge in [0.15, 0.2) is 5.13 Å². The van der Waals surface area contributed by atoms with Crippen molar-refractivity contribution in [1.29, 1.82) is 0 Å². The number of aromatic nitrogens is 1. The van der Waals surface area contributed by atoms with Gasteiger partial charge in [0.2, 0.25) is 0 Å². The minimum atomic E-state index is -0.0196. The van der Waals surface area contributed by atoms with E-state index in [1.165, 1.54) is 28.0 Å². The van der Waals surface area contributed by atoms with Crippen molar-refractivity contribution < 1.29 is 4.79 Å². The van der Waals surface area contributed by atoms with Crippen molar-refractivity contribution in [2.24, 2.45) is 5.92 Å². The molecule has 0 saturated carbocycles. The van der Waals surface area contributed by atoms with E-state index < -0.39 is 0 Å². The Morgan fingerprint density at radius 2 is 2.19 bits per heavy atom. The van der Waals surface area contributed by atoms with E-state index in [1.807, 2.05) is 11.6 Å². The van der Waals surface area contributed by atoms with E-state index in [9.17, 15) is 4.79 Å². The zero-order chi connectivity index (χ0) is 18.1. The van der Waals surface area contributed by atoms with Gasteiger partial charge in [0.05, 0.1) is 5.56 Å². The molecule has 1 N–H and O–H groups in total. The summed E-state index contributed by atoms with van der Waals surface area (Å²) in [7, 11) is 0. The molecule has 5 heteroatoms. The number of amides is 1. The molecular formula is C21H22N2OS2. The lowest BCUT2D eigenvalue weighted by molar-refractivity contribution is 0.102. The molecule has 1 unspecified atom stereocenters. The topological polar surface area (TPSA) is 42.0 Å². The first kappa shape index (κ1) is 17.4. The van der Waals surface area contributed by atoms with E-state index in [0.29, 0.717) is 5.13 Å². The second-order valence-electron chi connectivity index (χ2n) is 7.09. The second kappa shape index (κ2) is 7.33. The van der Waals surface area contributed by atoms with Crippen LogP contribution in [0.3, 0.4) is 0 Å². The number of aryl methyl sites for hydroxylation is 1. The van der Waals surface area contributed by atoms with E-state index in [2.05, 4.69) is 48.4 Å². The summed E-state index contributed by atoms with van der Waals surface area (Å²) in [6.45, 7) is 4.41. The summed E-state index contributed by atoms with van der Waals surface area (Å²) < 4.78 is 0. The first-order chi connectivity index (χ1) is 12.6. The Bertz CT molecular complexity index is 941. The normalized spacial score (nSPS) is 16.3. The number of benzene rings is 1. The predicted octanol–water partition coefficient (Wildman–Crippen LogP) is 5.48. The molecule has 3 nitrogen and oxygen atoms in total. The highest BCUT2D eigenvalue weighted by atomic mass is 32.1. The van der Waals surface area contributed by atoms with Gasteiger partial charge in [-0.2, -0.15) is 0 Å². The van der Waals surface area contributed by atoms with Gasteiger partial charge >= 0.3 is 0 Å². The molecular weight excluding hydrogens is 360 g/mol. The molecule has 0 saturated heterocycles. The zero-order valence-corrected chi connectivity index (χ0v) is 16.7. The maximum absolute atomic E-state index is 12.7. The van der Waals surface area contributed by atoms with Gasteiger partial charge in [0.25, 0.3) is 5.91 Å². The number of carbonyl (C=O) groups excluding carboxylic acids is 1. The fourth-order valence-electron chi connectivity index (χ4n) is 3.48. The van der Waals surface area contributed by atoms with Crippen molar-refractivity contribution in [3.63, 3.8) is 0 Å². The Balaban J connectivity index is 1.46. The SMILES string of the molecule is Cc1ccccc1Cc1cnc(NC(=O)c2csc3c2CCC(C)C3)s1. The average Bonchev–Trinajstić information content (AvgIpc) is 3.23. The molecule has 26 heavy (non-hydrogen) atoms. The smallest absolute Gasteiger partial charge is 0.258 e. The fourth-order valence-corrected chi connectivity index (χ4v) is 5.55. The Hall–Kier alpha value is -1.98. The Morgan fingerprint density at radius 3 is 3.04 bits per heavy atom. The number of anilines is 1. The summed E-state index contributed by atoms with van der Waals surface area (Å²) >= 11 is 3.29. The highest BCUT2D eigenvalue weighted by Gasteiger charge is 2.23. The third-order valence-corrected chi connectivity index (χ3v) is 7.01. The molecule has 3 aromatic rings. The number of nitrogens with one attached hydrogen (secondary N) is 1. The molecule has 1 atom stereocenters. The second-order valence-corrected chi connectivity index (χ2v) is 9.17. The van der Waals surface area contributed by atoms with Crippen LogP contribution in [0.15, 0.2) is 35.8 Å². The predicted molar refractivity (Wildman–Crippen MR) is 110 cm³/mol. The number of hydrogen-bond donors (Lipinski definition) is 1. The molecule has 1 aliphatic rings. The van der Waals surface area contributed by atoms with Crippen molar-refractivity contribution in [1.82, 2.24) is 4.98 Å². The Morgan fingerprint density at radius 1 is 1.35 bits per heavy atom. The Kier molecular flexibility index (Phi) is 4.92. The van der Waals surface area contributed by atoms with Gasteiger partial charge in [-0.3, -0.25) is 10.1 Å². The summed E-state index contributed by atoms with van der Waals surface area (Å²) in [5, 5.41) is 5.70. The van der Waals surface area contributed by atoms with Crippen LogP contribution in [0.5, 0.6) is 0 Å². The molecule has 0 bridgehead atoms. The fraction of sp³-hybridized carbons (Fsp3) is 0.333. The van der Waals surface area contributed by atoms with Crippen LogP contribution in [0.1, 0.15) is 50.1 Å². The van der Waals surface area contributed by atoms with Gasteiger partial charge < -0.3 is 0 Å². The molecule has 134 valence electrons. The molecule has 1 amide bonds. The van der Waals surface area contributed by atoms with E-state index >= 15 is 0 Å². The van der Waals surface area contributed by atoms with Gasteiger partial charge in [0, 0.05) is 27.8 Å². The summed E-state index contributed by atoms with van der Waals surface area (Å²) in [6, 6.07) is 8.39. The summed E-state index contributed by atoms with van der Waals surface area (Å²) in [4.78, 5) is 19.7. The number of hydrogen-bond acceptors (Lipinski definition) is 4. The lowest BCUT2D eigenvalue weighted by Gasteiger charge is -2.18. The maximum atomic E-state index is 12.7. The van der Waals surface area contributed by atoms with Gasteiger partial charge in [-0.05, 0) is 48.8 Å². The van der Waals surface area contributed by atoms with Gasteiger partial charge in [-0.15, -0.1) is 22.7 Å². The van der Waals surface area contributed by atoms with Crippen molar-refractivity contribution in [2.75, 3.05) is 5.32 Å². The number of carbonyl (C=O) groups is 1. The molecule has 1 aromatic carbocycles. The Labute approximate surface area is 162 Å². The molecule has 0 spiro atoms. The quantitative estimate of drug-likeness (QED) is 0.649. The van der Waals surface area contributed by atoms with Gasteiger partial charge in [0.1, 0.15) is 0 Å². The number of fused-ring (bicyclic) bond motifs is 1. The lowest BCUT2D eigenvalue weighted by atomic mass is 9.88. The summed E-state index contributed by atoms with van der Waals surface area (Å²) in [5.41, 5.74) is 4.68. The summed E-state index contributed by atoms with van der Waals surface area (Å²) in [5.74, 6) is 0.703. The third-order valence-electron chi connectivity index (χ3n) is 5.05. The zero-order valence-electron chi connectivity index (χ0n) is 15.0. The van der Waals surface area contributed by atoms with Crippen molar-refractivity contribution in [2.45, 2.75) is 39.5 Å². The van der Waals surface area contributed by atoms with Gasteiger partial charge in [-0.1, -0.05) is 31.2 Å². The summed E-state index contributed by atoms with van der Waals surface area (Å²) in [6.07, 6.45) is 6.01. The molecule has 2 heterocycles. The highest BCUT2D eigenvalue weighted by molar-refractivity contribution is 7.15. The van der Waals surface area contributed by atoms with Crippen LogP contribution < -0.4 is 5.32 Å². The van der Waals surface area contributed by atoms with Crippen LogP contribution in [-0.2, 0) is 19.3 Å². The largest absolute Gasteiger partial charge is 0.298 e. The number of thiazole rings is 1. The van der Waals surface area contributed by atoms with Crippen molar-refractivity contribution >= 4 is 33.7 Å². The van der Waals surface area contributed by atoms with Crippen LogP contribution in [0.25, 0.3) is 0 Å². The van der Waals surface area contributed by atoms with Crippen LogP contribution >= 0.6 is 22.7 Å². The monoisotopic (exact) mass is 382 g/mol. The molecule has 4 rings (SSSR count). The van der Waals surface area contributed by atoms with E-state index in [-0.39, 0.29) is 5.91 Å². The first-order valence-corrected chi connectivity index (χ1v) is 10.7. The first-order valence-electron chi connectivity index (χ1n) is 9.00. The van der Waals surface area contributed by atoms with E-state index in [0.717, 1.165) is 35.6 Å². The molecule has 0 fully saturated rings. The number of nitrogens with zero attached hydrogens (tertiary/aromatic N) is 1. The third kappa shape index (κ3) is 3.60. The van der Waals surface area contributed by atoms with Crippen molar-refractivity contribution in [3.05, 3.63) is 67.9 Å². The maximum Gasteiger partial charge on any atom is 0.258 e. The molecule has 2 aromatic heterocycles. The number of rotatable bonds is 4. The average molecular weight is 383 g/mol. The van der Waals surface area contributed by atoms with Crippen LogP contribution in [0.4, 0.5) is 5.13 Å². The van der Waals surface area contributed by atoms with E-state index in [1.54, 1.807) is 22.7 Å². The van der Waals surface area contributed by atoms with Crippen molar-refractivity contribution in [3.8, 4) is 0 Å². The highest BCUT2D eigenvalue weighted by Crippen LogP contribution is 2.33. The van der Waals surface area contributed by atoms with Gasteiger partial charge in [-0.25, -0.2) is 4.98 Å². The minimum Gasteiger partial charge on any atom is -0.298 e. The lowest BCUT2D eigenvalue weighted by Crippen LogP contribution is -2.16. The van der Waals surface area contributed by atoms with Crippen LogP contribution in [0.2, 0.25) is 0 Å². The molecule has 0 radical (unpaired) electrons. The standard InChI is InChI=1S/C21H22N2OS2/c1-13-7-8-17-18(12-25-19(17)9-13)20(24)23-21-22-11-16(26-21)10-15-6-4-3-5-14(15)2/h3-6,11-13H,7-10H2,1-2H3,(H,22,23,24). The van der Waals surface area contributed by atoms with Crippen LogP contribution in [0, 0.1) is 12.8 Å². The number of thiophene rings is 1. The van der Waals surface area contributed by atoms with E-state index in [4.69, 9.17) is 0 Å².